The van der Waals surface area contributed by atoms with Crippen LogP contribution in [0, 0.1) is 12.3 Å². The summed E-state index contributed by atoms with van der Waals surface area (Å²) in [5.41, 5.74) is 2.81. The zero-order valence-electron chi connectivity index (χ0n) is 13.4. The molecule has 0 unspecified atom stereocenters. The van der Waals surface area contributed by atoms with Crippen molar-refractivity contribution in [1.29, 1.82) is 0 Å². The number of Topliss-reactive ketones (excluding diaryl/α,β-unsaturated/α-hetero) is 2. The summed E-state index contributed by atoms with van der Waals surface area (Å²) in [6, 6.07) is 8.03. The molecule has 2 rings (SSSR count). The molecule has 0 N–H and O–H groups in total. The molecular formula is C19H24O2. The monoisotopic (exact) mass is 284 g/mol. The van der Waals surface area contributed by atoms with Crippen LogP contribution in [-0.4, -0.2) is 11.6 Å². The van der Waals surface area contributed by atoms with Gasteiger partial charge in [0.2, 0.25) is 0 Å². The molecule has 0 amide bonds. The Labute approximate surface area is 127 Å². The molecule has 1 fully saturated rings. The standard InChI is InChI=1S/C19H24O2/c1-13-7-5-6-8-15(13)14-11-17(20)16(18(21)12-14)9-10-19(2,3)4/h5-9,14H,10-12H2,1-4H3. The zero-order valence-corrected chi connectivity index (χ0v) is 13.4. The molecule has 0 heterocycles. The molecule has 0 atom stereocenters. The third kappa shape index (κ3) is 3.90. The average Bonchev–Trinajstić information content (AvgIpc) is 2.36. The van der Waals surface area contributed by atoms with Gasteiger partial charge in [-0.25, -0.2) is 0 Å². The van der Waals surface area contributed by atoms with Gasteiger partial charge in [0, 0.05) is 12.8 Å². The van der Waals surface area contributed by atoms with Gasteiger partial charge in [-0.2, -0.15) is 0 Å². The summed E-state index contributed by atoms with van der Waals surface area (Å²) in [4.78, 5) is 24.7. The maximum atomic E-state index is 12.3. The molecule has 2 nitrogen and oxygen atoms in total. The summed E-state index contributed by atoms with van der Waals surface area (Å²) in [7, 11) is 0. The molecule has 1 aromatic carbocycles. The van der Waals surface area contributed by atoms with E-state index in [0.717, 1.165) is 17.5 Å². The lowest BCUT2D eigenvalue weighted by molar-refractivity contribution is -0.124. The average molecular weight is 284 g/mol. The van der Waals surface area contributed by atoms with Gasteiger partial charge in [-0.3, -0.25) is 9.59 Å². The minimum absolute atomic E-state index is 0.00348. The molecule has 0 aromatic heterocycles. The maximum Gasteiger partial charge on any atom is 0.166 e. The van der Waals surface area contributed by atoms with Crippen molar-refractivity contribution >= 4 is 11.6 Å². The molecule has 1 saturated carbocycles. The van der Waals surface area contributed by atoms with E-state index in [4.69, 9.17) is 0 Å². The maximum absolute atomic E-state index is 12.3. The second kappa shape index (κ2) is 5.97. The van der Waals surface area contributed by atoms with Crippen LogP contribution in [0.4, 0.5) is 0 Å². The third-order valence-electron chi connectivity index (χ3n) is 4.01. The van der Waals surface area contributed by atoms with Gasteiger partial charge in [0.15, 0.2) is 11.6 Å². The van der Waals surface area contributed by atoms with Crippen LogP contribution in [0.15, 0.2) is 35.9 Å². The molecule has 21 heavy (non-hydrogen) atoms. The topological polar surface area (TPSA) is 34.1 Å². The van der Waals surface area contributed by atoms with E-state index in [-0.39, 0.29) is 22.9 Å². The Hall–Kier alpha value is -1.70. The van der Waals surface area contributed by atoms with Crippen molar-refractivity contribution in [2.75, 3.05) is 0 Å². The summed E-state index contributed by atoms with van der Waals surface area (Å²) in [6.07, 6.45) is 3.51. The lowest BCUT2D eigenvalue weighted by Gasteiger charge is -2.24. The van der Waals surface area contributed by atoms with Crippen molar-refractivity contribution in [3.05, 3.63) is 47.0 Å². The summed E-state index contributed by atoms with van der Waals surface area (Å²) in [6.45, 7) is 8.36. The van der Waals surface area contributed by atoms with Crippen LogP contribution in [0.2, 0.25) is 0 Å². The first-order valence-corrected chi connectivity index (χ1v) is 7.60. The SMILES string of the molecule is Cc1ccccc1C1CC(=O)C(=CCC(C)(C)C)C(=O)C1. The van der Waals surface area contributed by atoms with Crippen LogP contribution < -0.4 is 0 Å². The minimum atomic E-state index is 0.00348. The molecular weight excluding hydrogens is 260 g/mol. The Balaban J connectivity index is 2.18. The van der Waals surface area contributed by atoms with Crippen LogP contribution >= 0.6 is 0 Å². The molecule has 0 aliphatic heterocycles. The Morgan fingerprint density at radius 3 is 2.19 bits per heavy atom. The van der Waals surface area contributed by atoms with Gasteiger partial charge in [-0.1, -0.05) is 51.1 Å². The second-order valence-electron chi connectivity index (χ2n) is 7.19. The van der Waals surface area contributed by atoms with Gasteiger partial charge in [-0.05, 0) is 35.8 Å². The molecule has 1 aliphatic carbocycles. The van der Waals surface area contributed by atoms with Crippen LogP contribution in [-0.2, 0) is 9.59 Å². The van der Waals surface area contributed by atoms with Crippen molar-refractivity contribution in [2.24, 2.45) is 5.41 Å². The molecule has 0 bridgehead atoms. The largest absolute Gasteiger partial charge is 0.294 e. The van der Waals surface area contributed by atoms with Crippen LogP contribution in [0.3, 0.4) is 0 Å². The number of ketones is 2. The van der Waals surface area contributed by atoms with Gasteiger partial charge < -0.3 is 0 Å². The molecule has 1 aliphatic rings. The smallest absolute Gasteiger partial charge is 0.166 e. The quantitative estimate of drug-likeness (QED) is 0.597. The van der Waals surface area contributed by atoms with E-state index in [1.54, 1.807) is 0 Å². The van der Waals surface area contributed by atoms with Crippen molar-refractivity contribution in [3.8, 4) is 0 Å². The number of benzene rings is 1. The highest BCUT2D eigenvalue weighted by molar-refractivity contribution is 6.22. The van der Waals surface area contributed by atoms with Crippen LogP contribution in [0.1, 0.15) is 57.1 Å². The van der Waals surface area contributed by atoms with Crippen molar-refractivity contribution in [2.45, 2.75) is 52.9 Å². The van der Waals surface area contributed by atoms with E-state index >= 15 is 0 Å². The highest BCUT2D eigenvalue weighted by Crippen LogP contribution is 2.34. The van der Waals surface area contributed by atoms with E-state index in [0.29, 0.717) is 18.4 Å². The summed E-state index contributed by atoms with van der Waals surface area (Å²) in [5, 5.41) is 0. The lowest BCUT2D eigenvalue weighted by Crippen LogP contribution is -2.25. The van der Waals surface area contributed by atoms with E-state index < -0.39 is 0 Å². The number of rotatable bonds is 2. The van der Waals surface area contributed by atoms with Gasteiger partial charge in [0.05, 0.1) is 5.57 Å². The molecule has 0 saturated heterocycles. The van der Waals surface area contributed by atoms with Crippen molar-refractivity contribution in [1.82, 2.24) is 0 Å². The zero-order chi connectivity index (χ0) is 15.6. The lowest BCUT2D eigenvalue weighted by atomic mass is 9.77. The van der Waals surface area contributed by atoms with E-state index in [9.17, 15) is 9.59 Å². The second-order valence-corrected chi connectivity index (χ2v) is 7.19. The predicted molar refractivity (Wildman–Crippen MR) is 85.3 cm³/mol. The number of allylic oxidation sites excluding steroid dienone is 2. The Morgan fingerprint density at radius 1 is 1.10 bits per heavy atom. The van der Waals surface area contributed by atoms with Crippen LogP contribution in [0.5, 0.6) is 0 Å². The first-order chi connectivity index (χ1) is 9.78. The Bertz CT molecular complexity index is 568. The normalized spacial score (nSPS) is 19.8. The summed E-state index contributed by atoms with van der Waals surface area (Å²) >= 11 is 0. The number of hydrogen-bond acceptors (Lipinski definition) is 2. The fourth-order valence-corrected chi connectivity index (χ4v) is 2.80. The predicted octanol–water partition coefficient (Wildman–Crippen LogP) is 4.37. The van der Waals surface area contributed by atoms with Crippen molar-refractivity contribution in [3.63, 3.8) is 0 Å². The Morgan fingerprint density at radius 2 is 1.67 bits per heavy atom. The van der Waals surface area contributed by atoms with Gasteiger partial charge in [0.1, 0.15) is 0 Å². The molecule has 112 valence electrons. The fraction of sp³-hybridized carbons (Fsp3) is 0.474. The fourth-order valence-electron chi connectivity index (χ4n) is 2.80. The highest BCUT2D eigenvalue weighted by atomic mass is 16.1. The van der Waals surface area contributed by atoms with Gasteiger partial charge in [0.25, 0.3) is 0 Å². The molecule has 0 spiro atoms. The molecule has 2 heteroatoms. The summed E-state index contributed by atoms with van der Waals surface area (Å²) in [5.74, 6) is 0.0468. The third-order valence-corrected chi connectivity index (χ3v) is 4.01. The first-order valence-electron chi connectivity index (χ1n) is 7.60. The van der Waals surface area contributed by atoms with E-state index in [1.807, 2.05) is 37.3 Å². The van der Waals surface area contributed by atoms with Crippen LogP contribution in [0.25, 0.3) is 0 Å². The van der Waals surface area contributed by atoms with E-state index in [2.05, 4.69) is 20.8 Å². The minimum Gasteiger partial charge on any atom is -0.294 e. The number of carbonyl (C=O) groups is 2. The first kappa shape index (κ1) is 15.7. The van der Waals surface area contributed by atoms with Gasteiger partial charge >= 0.3 is 0 Å². The highest BCUT2D eigenvalue weighted by Gasteiger charge is 2.31. The van der Waals surface area contributed by atoms with E-state index in [1.165, 1.54) is 0 Å². The summed E-state index contributed by atoms with van der Waals surface area (Å²) < 4.78 is 0. The van der Waals surface area contributed by atoms with Crippen molar-refractivity contribution < 1.29 is 9.59 Å². The molecule has 1 aromatic rings. The Kier molecular flexibility index (Phi) is 4.46. The number of hydrogen-bond donors (Lipinski definition) is 0. The van der Waals surface area contributed by atoms with Gasteiger partial charge in [-0.15, -0.1) is 0 Å². The number of carbonyl (C=O) groups excluding carboxylic acids is 2. The molecule has 0 radical (unpaired) electrons. The number of aryl methyl sites for hydroxylation is 1.